The molecule has 1 aromatic heterocycles. The number of carbonyl (C=O) groups excluding carboxylic acids is 17. The Morgan fingerprint density at radius 2 is 0.978 bits per heavy atom. The number of carboxylic acid groups (broad SMARTS) is 1. The van der Waals surface area contributed by atoms with E-state index in [0.29, 0.717) is 50.6 Å². The van der Waals surface area contributed by atoms with Crippen LogP contribution in [0.3, 0.4) is 0 Å². The number of aliphatic hydroxyl groups excluding tert-OH is 2. The molecule has 1 aromatic rings. The van der Waals surface area contributed by atoms with Crippen molar-refractivity contribution in [1.29, 1.82) is 0 Å². The molecule has 0 radical (unpaired) electrons. The molecule has 42 nitrogen and oxygen atoms in total. The Balaban J connectivity index is 0.000000776. The molecule has 4 rings (SSSR count). The van der Waals surface area contributed by atoms with Gasteiger partial charge in [0.25, 0.3) is 0 Å². The lowest BCUT2D eigenvalue weighted by Gasteiger charge is -2.32. The third-order valence-corrected chi connectivity index (χ3v) is 25.2. The van der Waals surface area contributed by atoms with E-state index in [9.17, 15) is 96.5 Å². The van der Waals surface area contributed by atoms with Crippen LogP contribution in [0.4, 0.5) is 0 Å². The van der Waals surface area contributed by atoms with Gasteiger partial charge in [-0.1, -0.05) is 78.1 Å². The molecule has 0 bridgehead atoms. The first kappa shape index (κ1) is 117. The summed E-state index contributed by atoms with van der Waals surface area (Å²) in [6.45, 7) is 9.13. The lowest BCUT2D eigenvalue weighted by atomic mass is 9.79. The number of aliphatic imine (C=N–C) groups is 3. The Kier molecular flexibility index (Phi) is 53.3. The summed E-state index contributed by atoms with van der Waals surface area (Å²) in [4.78, 5) is 258. The van der Waals surface area contributed by atoms with Crippen molar-refractivity contribution in [3.63, 3.8) is 0 Å². The first-order chi connectivity index (χ1) is 63.1. The molecule has 752 valence electrons. The van der Waals surface area contributed by atoms with E-state index in [1.54, 1.807) is 26.0 Å². The summed E-state index contributed by atoms with van der Waals surface area (Å²) >= 11 is 0. The van der Waals surface area contributed by atoms with E-state index in [2.05, 4.69) is 51.9 Å². The minimum absolute atomic E-state index is 0.0391. The zero-order chi connectivity index (χ0) is 101. The van der Waals surface area contributed by atoms with E-state index in [4.69, 9.17) is 62.4 Å². The van der Waals surface area contributed by atoms with Crippen molar-refractivity contribution in [2.75, 3.05) is 46.4 Å². The lowest BCUT2D eigenvalue weighted by Crippen LogP contribution is -2.54. The molecular formula is C92H153N21O21. The van der Waals surface area contributed by atoms with Gasteiger partial charge in [-0.15, -0.1) is 0 Å². The second-order valence-corrected chi connectivity index (χ2v) is 37.2. The van der Waals surface area contributed by atoms with Gasteiger partial charge < -0.3 is 109 Å². The molecule has 2 heterocycles. The fourth-order valence-electron chi connectivity index (χ4n) is 17.1. The maximum atomic E-state index is 14.9. The van der Waals surface area contributed by atoms with Crippen molar-refractivity contribution in [1.82, 2.24) is 41.8 Å². The van der Waals surface area contributed by atoms with Crippen LogP contribution in [0, 0.1) is 52.8 Å². The van der Waals surface area contributed by atoms with Crippen molar-refractivity contribution in [2.45, 2.75) is 321 Å². The van der Waals surface area contributed by atoms with E-state index in [1.807, 2.05) is 0 Å². The first-order valence-corrected chi connectivity index (χ1v) is 47.0. The molecule has 0 spiro atoms. The number of rotatable bonds is 66. The largest absolute Gasteiger partial charge is 0.481 e. The zero-order valence-electron chi connectivity index (χ0n) is 79.4. The van der Waals surface area contributed by atoms with E-state index >= 15 is 0 Å². The molecule has 0 unspecified atom stereocenters. The summed E-state index contributed by atoms with van der Waals surface area (Å²) in [5.41, 5.74) is 53.1. The van der Waals surface area contributed by atoms with Gasteiger partial charge in [-0.2, -0.15) is 0 Å². The van der Waals surface area contributed by atoms with Crippen LogP contribution in [0.5, 0.6) is 0 Å². The summed E-state index contributed by atoms with van der Waals surface area (Å²) < 4.78 is 0. The van der Waals surface area contributed by atoms with Crippen molar-refractivity contribution in [3.05, 3.63) is 30.1 Å². The predicted octanol–water partition coefficient (Wildman–Crippen LogP) is 0.145. The van der Waals surface area contributed by atoms with Gasteiger partial charge >= 0.3 is 5.97 Å². The molecule has 2 saturated carbocycles. The van der Waals surface area contributed by atoms with Gasteiger partial charge in [-0.05, 0) is 167 Å². The van der Waals surface area contributed by atoms with Crippen molar-refractivity contribution < 1.29 is 102 Å². The monoisotopic (exact) mass is 1890 g/mol. The smallest absolute Gasteiger partial charge is 0.303 e. The van der Waals surface area contributed by atoms with Crippen LogP contribution in [-0.2, 0) is 92.7 Å². The van der Waals surface area contributed by atoms with Gasteiger partial charge in [0.1, 0.15) is 17.6 Å². The maximum Gasteiger partial charge on any atom is 0.303 e. The summed E-state index contributed by atoms with van der Waals surface area (Å²) in [6, 6.07) is -3.10. The van der Waals surface area contributed by atoms with Gasteiger partial charge in [-0.25, -0.2) is 0 Å². The summed E-state index contributed by atoms with van der Waals surface area (Å²) in [7, 11) is 1.51. The Morgan fingerprint density at radius 3 is 1.45 bits per heavy atom. The van der Waals surface area contributed by atoms with Gasteiger partial charge in [-0.3, -0.25) is 106 Å². The molecule has 9 amide bonds. The normalized spacial score (nSPS) is 16.8. The molecule has 2 aliphatic carbocycles. The second kappa shape index (κ2) is 61.0. The maximum absolute atomic E-state index is 14.9. The number of unbranched alkanes of at least 4 members (excludes halogenated alkanes) is 1. The number of carbonyl (C=O) groups is 18. The first-order valence-electron chi connectivity index (χ1n) is 47.0. The third-order valence-electron chi connectivity index (χ3n) is 25.2. The lowest BCUT2D eigenvalue weighted by molar-refractivity contribution is -0.144. The predicted molar refractivity (Wildman–Crippen MR) is 500 cm³/mol. The Morgan fingerprint density at radius 1 is 0.500 bits per heavy atom. The number of hydrogen-bond donors (Lipinski definition) is 19. The Labute approximate surface area is 785 Å². The number of hydrogen-bond acceptors (Lipinski definition) is 26. The number of nitrogens with one attached hydrogen (secondary N) is 6. The minimum atomic E-state index is -1.68. The number of nitrogens with two attached hydrogens (primary N) is 10. The van der Waals surface area contributed by atoms with Crippen LogP contribution in [-0.4, -0.2) is 243 Å². The van der Waals surface area contributed by atoms with Crippen LogP contribution in [0.2, 0.25) is 0 Å². The highest BCUT2D eigenvalue weighted by molar-refractivity contribution is 6.01. The molecule has 1 aliphatic heterocycles. The fourth-order valence-corrected chi connectivity index (χ4v) is 17.1. The molecule has 13 atom stereocenters. The number of aromatic nitrogens is 1. The van der Waals surface area contributed by atoms with Crippen molar-refractivity contribution in [3.8, 4) is 0 Å². The van der Waals surface area contributed by atoms with E-state index in [-0.39, 0.29) is 164 Å². The van der Waals surface area contributed by atoms with E-state index < -0.39 is 221 Å². The molecular weight excluding hydrogens is 1740 g/mol. The number of Topliss-reactive ketones (excluding diaryl/α,β-unsaturated/α-hetero) is 8. The number of carboxylic acids is 1. The highest BCUT2D eigenvalue weighted by atomic mass is 16.4. The number of nitrogens with zero attached hydrogens (tertiary/aromatic N) is 5. The van der Waals surface area contributed by atoms with Crippen LogP contribution in [0.25, 0.3) is 0 Å². The number of pyridine rings is 1. The van der Waals surface area contributed by atoms with Gasteiger partial charge in [0, 0.05) is 132 Å². The fraction of sp³-hybridized carbons (Fsp3) is 0.717. The molecule has 29 N–H and O–H groups in total. The number of aliphatic carboxylic acids is 1. The van der Waals surface area contributed by atoms with Gasteiger partial charge in [0.2, 0.25) is 53.2 Å². The van der Waals surface area contributed by atoms with E-state index in [0.717, 1.165) is 64.2 Å². The van der Waals surface area contributed by atoms with Crippen LogP contribution >= 0.6 is 0 Å². The topological polar surface area (TPSA) is 754 Å². The van der Waals surface area contributed by atoms with Gasteiger partial charge in [0.15, 0.2) is 52.6 Å². The second-order valence-electron chi connectivity index (χ2n) is 37.2. The highest BCUT2D eigenvalue weighted by Gasteiger charge is 2.43. The summed E-state index contributed by atoms with van der Waals surface area (Å²) in [6.07, 6.45) is 10.8. The summed E-state index contributed by atoms with van der Waals surface area (Å²) in [5, 5.41) is 45.8. The number of likely N-dealkylation sites (N-methyl/N-ethyl adjacent to an activating group) is 1. The average molecular weight is 1890 g/mol. The van der Waals surface area contributed by atoms with Crippen molar-refractivity contribution >= 4 is 123 Å². The Bertz CT molecular complexity index is 4160. The molecule has 3 fully saturated rings. The minimum Gasteiger partial charge on any atom is -0.481 e. The average Bonchev–Trinajstić information content (AvgIpc) is 1.61. The highest BCUT2D eigenvalue weighted by Crippen LogP contribution is 2.34. The standard InChI is InChI=1S/C59H92N10O14.C33H61N11O7/c1-36(71)58(2,3)34-49(75)44(16-9-10-22-60)66-54(81)41(33-51(61)77)32-50(76)59(4,5)68-55(82)40(27-37-13-7-6-8-14-37)31-47(73)45(28-38-20-24-64-25-21-38)67-53(80)39(15-11-23-65-57(62)63)30-48(74)46-17-12-26-69(46)56(83)42(35-70)29-43(72)18-19-52(78)79;1-19(45)28(40-2)26(47)18-22(11-7-15-42-33(38)39)30(50)43-23(12-13-27(34)48)25(46)17-21(10-6-14-41-32(36)37)31(51)44-24(29(35)49)16-20-8-4-3-5-9-20/h20-21,24-25,37,39-42,44-46,70H,6-19,22-23,26-35,60H2,1-5H3,(H2,61,77)(H,66,81)(H,67,80)(H,68,82)(H,78,79)(H4,62,63,65);19-24,28,40,45H,3-18H2,1-2H3,(H2,34,48)(H2,35,49)(H,43,50)(H,44,51)(H4,36,37,41)(H4,38,39,42)/t39-,40-,41+,42+,44+,45+,46-;19-,21-,22-,23+,24+,28+/m11/s1. The van der Waals surface area contributed by atoms with Gasteiger partial charge in [0.05, 0.1) is 66.7 Å². The summed E-state index contributed by atoms with van der Waals surface area (Å²) in [5.74, 6) is -18.0. The molecule has 134 heavy (non-hydrogen) atoms. The number of ketones is 8. The molecule has 0 aromatic carbocycles. The van der Waals surface area contributed by atoms with E-state index in [1.165, 1.54) is 52.0 Å². The SMILES string of the molecule is CC(=O)C(C)(C)CC(=O)[C@H](CCCCN)NC(=O)[C@H](CC(N)=O)CC(=O)C(C)(C)NC(=O)[C@@H](CC(=O)[C@H](Cc1ccncc1)NC(=O)[C@H](CCCN=C(N)N)CC(=O)[C@H]1CCCN1C(=O)[C@H](CO)CC(=O)CCC(=O)O)CC1CCCCC1.CN[C@H](C(=O)C[C@@H](CCCN=C(N)N)C(=O)N[C@@H](CCC(N)=O)C(=O)C[C@@H](CCCN=C(N)N)C(=O)N[C@@H](CC1CCCCC1)C(N)=O)[C@@H](C)O. The molecule has 1 saturated heterocycles. The number of amides is 9. The van der Waals surface area contributed by atoms with Crippen LogP contribution in [0.15, 0.2) is 39.5 Å². The Hall–Kier alpha value is -11.1. The van der Waals surface area contributed by atoms with Crippen molar-refractivity contribution in [2.24, 2.45) is 125 Å². The molecule has 3 aliphatic rings. The zero-order valence-corrected chi connectivity index (χ0v) is 79.4. The number of aliphatic hydroxyl groups is 2. The number of primary amides is 3. The number of guanidine groups is 3. The van der Waals surface area contributed by atoms with Crippen LogP contribution < -0.4 is 89.2 Å². The number of likely N-dealkylation sites (tertiary alicyclic amines) is 1. The molecule has 42 heteroatoms. The quantitative estimate of drug-likeness (QED) is 0.0234. The van der Waals surface area contributed by atoms with Crippen LogP contribution in [0.1, 0.15) is 272 Å². The third kappa shape index (κ3) is 44.8.